The van der Waals surface area contributed by atoms with Crippen molar-refractivity contribution < 1.29 is 19.1 Å². The van der Waals surface area contributed by atoms with E-state index < -0.39 is 17.8 Å². The average molecular weight is 562 g/mol. The van der Waals surface area contributed by atoms with E-state index >= 15 is 0 Å². The van der Waals surface area contributed by atoms with Crippen molar-refractivity contribution in [3.05, 3.63) is 120 Å². The molecule has 4 aromatic rings. The van der Waals surface area contributed by atoms with Crippen LogP contribution in [0, 0.1) is 0 Å². The summed E-state index contributed by atoms with van der Waals surface area (Å²) < 4.78 is 7.22. The summed E-state index contributed by atoms with van der Waals surface area (Å²) in [5.41, 5.74) is 5.26. The summed E-state index contributed by atoms with van der Waals surface area (Å²) in [4.78, 5) is 40.0. The third-order valence-electron chi connectivity index (χ3n) is 6.58. The number of hydrogen-bond acceptors (Lipinski definition) is 5. The van der Waals surface area contributed by atoms with Crippen LogP contribution in [-0.4, -0.2) is 45.5 Å². The van der Waals surface area contributed by atoms with Gasteiger partial charge in [-0.05, 0) is 66.7 Å². The SMILES string of the molecule is C=CCN1C(=O)/C(=C\c2cc(-c3ccccc3)n(-c3ccc(C(=O)OCC)cc3)c2-c2ccccc2)C(=O)NC1=S. The van der Waals surface area contributed by atoms with Gasteiger partial charge in [0.15, 0.2) is 5.11 Å². The van der Waals surface area contributed by atoms with Gasteiger partial charge in [0.2, 0.25) is 0 Å². The van der Waals surface area contributed by atoms with E-state index in [1.807, 2.05) is 78.9 Å². The largest absolute Gasteiger partial charge is 0.462 e. The van der Waals surface area contributed by atoms with Gasteiger partial charge in [-0.25, -0.2) is 4.79 Å². The van der Waals surface area contributed by atoms with Gasteiger partial charge in [0.25, 0.3) is 11.8 Å². The van der Waals surface area contributed by atoms with Crippen molar-refractivity contribution >= 4 is 41.2 Å². The molecule has 204 valence electrons. The monoisotopic (exact) mass is 561 g/mol. The molecule has 1 aliphatic heterocycles. The Kier molecular flexibility index (Phi) is 8.03. The molecule has 0 unspecified atom stereocenters. The Balaban J connectivity index is 1.76. The van der Waals surface area contributed by atoms with Gasteiger partial charge in [-0.15, -0.1) is 6.58 Å². The normalized spacial score (nSPS) is 14.2. The molecule has 2 amide bonds. The molecule has 0 radical (unpaired) electrons. The summed E-state index contributed by atoms with van der Waals surface area (Å²) in [7, 11) is 0. The summed E-state index contributed by atoms with van der Waals surface area (Å²) in [6.07, 6.45) is 3.16. The first-order valence-corrected chi connectivity index (χ1v) is 13.5. The smallest absolute Gasteiger partial charge is 0.338 e. The van der Waals surface area contributed by atoms with Gasteiger partial charge in [-0.2, -0.15) is 0 Å². The standard InChI is InChI=1S/C33H27N3O4S/c1-3-19-35-31(38)27(30(37)34-33(35)41)20-25-21-28(22-11-7-5-8-12-22)36(29(25)23-13-9-6-10-14-23)26-17-15-24(16-18-26)32(39)40-4-2/h3,5-18,20-21H,1,4,19H2,2H3,(H,34,37,41)/b27-20-. The second-order valence-corrected chi connectivity index (χ2v) is 9.58. The first-order valence-electron chi connectivity index (χ1n) is 13.1. The van der Waals surface area contributed by atoms with Crippen LogP contribution < -0.4 is 5.32 Å². The Morgan fingerprint density at radius 3 is 2.20 bits per heavy atom. The van der Waals surface area contributed by atoms with E-state index in [4.69, 9.17) is 17.0 Å². The van der Waals surface area contributed by atoms with E-state index in [0.717, 1.165) is 28.2 Å². The Bertz CT molecular complexity index is 1670. The van der Waals surface area contributed by atoms with Gasteiger partial charge in [-0.3, -0.25) is 19.8 Å². The molecular formula is C33H27N3O4S. The molecule has 0 aliphatic carbocycles. The molecule has 0 atom stereocenters. The third-order valence-corrected chi connectivity index (χ3v) is 6.90. The Labute approximate surface area is 243 Å². The van der Waals surface area contributed by atoms with Crippen molar-refractivity contribution in [3.63, 3.8) is 0 Å². The minimum absolute atomic E-state index is 0.0351. The number of hydrogen-bond donors (Lipinski definition) is 1. The zero-order valence-corrected chi connectivity index (χ0v) is 23.2. The van der Waals surface area contributed by atoms with Crippen LogP contribution in [0.1, 0.15) is 22.8 Å². The number of esters is 1. The second kappa shape index (κ2) is 12.0. The van der Waals surface area contributed by atoms with E-state index in [0.29, 0.717) is 11.1 Å². The molecule has 1 N–H and O–H groups in total. The zero-order chi connectivity index (χ0) is 28.9. The lowest BCUT2D eigenvalue weighted by Gasteiger charge is -2.27. The van der Waals surface area contributed by atoms with Crippen LogP contribution in [0.2, 0.25) is 0 Å². The van der Waals surface area contributed by atoms with Gasteiger partial charge in [0, 0.05) is 17.8 Å². The number of aromatic nitrogens is 1. The Hall–Kier alpha value is -5.08. The van der Waals surface area contributed by atoms with E-state index in [1.165, 1.54) is 4.90 Å². The molecule has 5 rings (SSSR count). The molecule has 1 aliphatic rings. The highest BCUT2D eigenvalue weighted by molar-refractivity contribution is 7.80. The van der Waals surface area contributed by atoms with Crippen molar-refractivity contribution in [1.82, 2.24) is 14.8 Å². The number of amides is 2. The number of carbonyl (C=O) groups excluding carboxylic acids is 3. The van der Waals surface area contributed by atoms with E-state index in [9.17, 15) is 14.4 Å². The topological polar surface area (TPSA) is 80.6 Å². The van der Waals surface area contributed by atoms with Crippen LogP contribution >= 0.6 is 12.2 Å². The molecule has 41 heavy (non-hydrogen) atoms. The fraction of sp³-hybridized carbons (Fsp3) is 0.0909. The van der Waals surface area contributed by atoms with Crippen molar-refractivity contribution in [2.24, 2.45) is 0 Å². The molecule has 0 saturated carbocycles. The minimum Gasteiger partial charge on any atom is -0.462 e. The highest BCUT2D eigenvalue weighted by Crippen LogP contribution is 2.37. The Morgan fingerprint density at radius 1 is 0.951 bits per heavy atom. The van der Waals surface area contributed by atoms with Crippen molar-refractivity contribution in [3.8, 4) is 28.2 Å². The van der Waals surface area contributed by atoms with Gasteiger partial charge >= 0.3 is 5.97 Å². The first kappa shape index (κ1) is 27.5. The van der Waals surface area contributed by atoms with E-state index in [1.54, 1.807) is 31.2 Å². The maximum absolute atomic E-state index is 13.4. The molecule has 0 bridgehead atoms. The number of thiocarbonyl (C=S) groups is 1. The van der Waals surface area contributed by atoms with Gasteiger partial charge < -0.3 is 9.30 Å². The third kappa shape index (κ3) is 5.50. The lowest BCUT2D eigenvalue weighted by Crippen LogP contribution is -2.53. The number of rotatable bonds is 8. The van der Waals surface area contributed by atoms with Crippen molar-refractivity contribution in [2.45, 2.75) is 6.92 Å². The molecule has 8 heteroatoms. The minimum atomic E-state index is -0.563. The molecular weight excluding hydrogens is 534 g/mol. The van der Waals surface area contributed by atoms with Crippen molar-refractivity contribution in [1.29, 1.82) is 0 Å². The molecule has 7 nitrogen and oxygen atoms in total. The van der Waals surface area contributed by atoms with Gasteiger partial charge in [-0.1, -0.05) is 66.7 Å². The van der Waals surface area contributed by atoms with Gasteiger partial charge in [0.1, 0.15) is 5.57 Å². The highest BCUT2D eigenvalue weighted by atomic mass is 32.1. The summed E-state index contributed by atoms with van der Waals surface area (Å²) in [5.74, 6) is -1.45. The Morgan fingerprint density at radius 2 is 1.59 bits per heavy atom. The molecule has 2 heterocycles. The number of carbonyl (C=O) groups is 3. The maximum Gasteiger partial charge on any atom is 0.338 e. The number of ether oxygens (including phenoxy) is 1. The number of nitrogens with zero attached hydrogens (tertiary/aromatic N) is 2. The molecule has 3 aromatic carbocycles. The summed E-state index contributed by atoms with van der Waals surface area (Å²) in [6, 6.07) is 28.6. The lowest BCUT2D eigenvalue weighted by atomic mass is 10.0. The van der Waals surface area contributed by atoms with Crippen LogP contribution in [0.25, 0.3) is 34.3 Å². The van der Waals surface area contributed by atoms with Crippen molar-refractivity contribution in [2.75, 3.05) is 13.2 Å². The second-order valence-electron chi connectivity index (χ2n) is 9.19. The fourth-order valence-electron chi connectivity index (χ4n) is 4.73. The quantitative estimate of drug-likeness (QED) is 0.0967. The summed E-state index contributed by atoms with van der Waals surface area (Å²) in [6.45, 7) is 5.92. The molecule has 1 fully saturated rings. The van der Waals surface area contributed by atoms with Gasteiger partial charge in [0.05, 0.1) is 23.6 Å². The maximum atomic E-state index is 13.4. The highest BCUT2D eigenvalue weighted by Gasteiger charge is 2.33. The predicted molar refractivity (Wildman–Crippen MR) is 163 cm³/mol. The summed E-state index contributed by atoms with van der Waals surface area (Å²) in [5, 5.41) is 2.66. The van der Waals surface area contributed by atoms with Crippen LogP contribution in [0.5, 0.6) is 0 Å². The fourth-order valence-corrected chi connectivity index (χ4v) is 4.98. The zero-order valence-electron chi connectivity index (χ0n) is 22.4. The average Bonchev–Trinajstić information content (AvgIpc) is 3.37. The van der Waals surface area contributed by atoms with Crippen LogP contribution in [0.4, 0.5) is 0 Å². The molecule has 1 saturated heterocycles. The first-order chi connectivity index (χ1) is 19.9. The van der Waals surface area contributed by atoms with Crippen LogP contribution in [-0.2, 0) is 14.3 Å². The molecule has 1 aromatic heterocycles. The van der Waals surface area contributed by atoms with E-state index in [2.05, 4.69) is 16.5 Å². The predicted octanol–water partition coefficient (Wildman–Crippen LogP) is 5.80. The van der Waals surface area contributed by atoms with Crippen LogP contribution in [0.15, 0.2) is 109 Å². The lowest BCUT2D eigenvalue weighted by molar-refractivity contribution is -0.128. The number of nitrogens with one attached hydrogen (secondary N) is 1. The van der Waals surface area contributed by atoms with Crippen LogP contribution in [0.3, 0.4) is 0 Å². The van der Waals surface area contributed by atoms with E-state index in [-0.39, 0.29) is 23.8 Å². The molecule has 0 spiro atoms. The number of benzene rings is 3. The summed E-state index contributed by atoms with van der Waals surface area (Å²) >= 11 is 5.23.